The first kappa shape index (κ1) is 17.2. The third kappa shape index (κ3) is 4.66. The van der Waals surface area contributed by atoms with Gasteiger partial charge in [0, 0.05) is 15.6 Å². The van der Waals surface area contributed by atoms with Crippen LogP contribution in [0.5, 0.6) is 0 Å². The van der Waals surface area contributed by atoms with Crippen LogP contribution in [0.3, 0.4) is 0 Å². The summed E-state index contributed by atoms with van der Waals surface area (Å²) in [7, 11) is 0. The zero-order valence-electron chi connectivity index (χ0n) is 13.2. The first-order chi connectivity index (χ1) is 10.9. The highest BCUT2D eigenvalue weighted by Crippen LogP contribution is 2.24. The molecule has 1 N–H and O–H groups in total. The maximum absolute atomic E-state index is 12.7. The van der Waals surface area contributed by atoms with Gasteiger partial charge in [0.25, 0.3) is 0 Å². The van der Waals surface area contributed by atoms with Crippen molar-refractivity contribution in [2.45, 2.75) is 26.9 Å². The van der Waals surface area contributed by atoms with Crippen LogP contribution in [0.2, 0.25) is 0 Å². The van der Waals surface area contributed by atoms with Gasteiger partial charge in [-0.05, 0) is 39.0 Å². The Morgan fingerprint density at radius 3 is 2.35 bits per heavy atom. The van der Waals surface area contributed by atoms with Crippen LogP contribution < -0.4 is 5.32 Å². The Kier molecular flexibility index (Phi) is 5.55. The van der Waals surface area contributed by atoms with Gasteiger partial charge in [0.15, 0.2) is 5.78 Å². The molecule has 0 fully saturated rings. The molecule has 0 saturated heterocycles. The molecule has 5 heteroatoms. The third-order valence-corrected chi connectivity index (χ3v) is 3.61. The molecule has 0 unspecified atom stereocenters. The first-order valence-electron chi connectivity index (χ1n) is 7.25. The van der Waals surface area contributed by atoms with Gasteiger partial charge in [-0.3, -0.25) is 10.1 Å². The van der Waals surface area contributed by atoms with Crippen LogP contribution in [-0.2, 0) is 4.74 Å². The van der Waals surface area contributed by atoms with E-state index in [9.17, 15) is 9.59 Å². The van der Waals surface area contributed by atoms with E-state index in [2.05, 4.69) is 21.2 Å². The summed E-state index contributed by atoms with van der Waals surface area (Å²) < 4.78 is 5.83. The quantitative estimate of drug-likeness (QED) is 0.769. The summed E-state index contributed by atoms with van der Waals surface area (Å²) in [6.07, 6.45) is -0.818. The molecule has 0 radical (unpaired) electrons. The lowest BCUT2D eigenvalue weighted by atomic mass is 10.0. The second kappa shape index (κ2) is 7.42. The van der Waals surface area contributed by atoms with Crippen LogP contribution in [0.1, 0.15) is 35.3 Å². The zero-order chi connectivity index (χ0) is 17.0. The van der Waals surface area contributed by atoms with Crippen LogP contribution >= 0.6 is 15.9 Å². The van der Waals surface area contributed by atoms with Crippen LogP contribution in [-0.4, -0.2) is 18.0 Å². The normalized spacial score (nSPS) is 10.5. The molecular formula is C18H18BrNO3. The van der Waals surface area contributed by atoms with Gasteiger partial charge in [0.05, 0.1) is 11.8 Å². The highest BCUT2D eigenvalue weighted by Gasteiger charge is 2.17. The molecular weight excluding hydrogens is 358 g/mol. The molecule has 0 spiro atoms. The summed E-state index contributed by atoms with van der Waals surface area (Å²) in [5.74, 6) is -0.161. The average molecular weight is 376 g/mol. The number of halogens is 1. The summed E-state index contributed by atoms with van der Waals surface area (Å²) in [5, 5.41) is 2.63. The first-order valence-corrected chi connectivity index (χ1v) is 8.04. The summed E-state index contributed by atoms with van der Waals surface area (Å²) in [6, 6.07) is 12.4. The maximum atomic E-state index is 12.7. The molecule has 0 aliphatic rings. The lowest BCUT2D eigenvalue weighted by Crippen LogP contribution is -2.19. The highest BCUT2D eigenvalue weighted by atomic mass is 79.9. The topological polar surface area (TPSA) is 55.4 Å². The van der Waals surface area contributed by atoms with Gasteiger partial charge in [-0.25, -0.2) is 4.79 Å². The number of anilines is 1. The van der Waals surface area contributed by atoms with Crippen LogP contribution in [0.4, 0.5) is 10.5 Å². The van der Waals surface area contributed by atoms with E-state index in [1.165, 1.54) is 0 Å². The summed E-state index contributed by atoms with van der Waals surface area (Å²) >= 11 is 3.36. The van der Waals surface area contributed by atoms with Crippen molar-refractivity contribution in [2.75, 3.05) is 5.32 Å². The molecule has 0 saturated carbocycles. The molecule has 2 aromatic carbocycles. The highest BCUT2D eigenvalue weighted by molar-refractivity contribution is 9.10. The summed E-state index contributed by atoms with van der Waals surface area (Å²) in [4.78, 5) is 24.5. The molecule has 23 heavy (non-hydrogen) atoms. The molecule has 0 aliphatic carbocycles. The Balaban J connectivity index is 2.33. The van der Waals surface area contributed by atoms with E-state index in [0.717, 1.165) is 10.0 Å². The van der Waals surface area contributed by atoms with E-state index in [-0.39, 0.29) is 11.9 Å². The van der Waals surface area contributed by atoms with Crippen molar-refractivity contribution in [3.63, 3.8) is 0 Å². The molecule has 2 rings (SSSR count). The zero-order valence-corrected chi connectivity index (χ0v) is 14.8. The Labute approximate surface area is 144 Å². The van der Waals surface area contributed by atoms with Crippen LogP contribution in [0.15, 0.2) is 46.9 Å². The number of hydrogen-bond donors (Lipinski definition) is 1. The standard InChI is InChI=1S/C18H18BrNO3/c1-11(2)23-18(22)20-16-9-8-14(19)10-15(16)17(21)13-6-4-12(3)5-7-13/h4-11H,1-3H3,(H,20,22). The fourth-order valence-corrected chi connectivity index (χ4v) is 2.39. The summed E-state index contributed by atoms with van der Waals surface area (Å²) in [6.45, 7) is 5.49. The van der Waals surface area contributed by atoms with Gasteiger partial charge in [0.1, 0.15) is 0 Å². The fourth-order valence-electron chi connectivity index (χ4n) is 2.03. The van der Waals surface area contributed by atoms with Crippen molar-refractivity contribution >= 4 is 33.5 Å². The SMILES string of the molecule is Cc1ccc(C(=O)c2cc(Br)ccc2NC(=O)OC(C)C)cc1. The van der Waals surface area contributed by atoms with E-state index in [0.29, 0.717) is 16.8 Å². The van der Waals surface area contributed by atoms with Gasteiger partial charge < -0.3 is 4.74 Å². The smallest absolute Gasteiger partial charge is 0.411 e. The largest absolute Gasteiger partial charge is 0.447 e. The minimum atomic E-state index is -0.583. The lowest BCUT2D eigenvalue weighted by Gasteiger charge is -2.13. The molecule has 0 aliphatic heterocycles. The maximum Gasteiger partial charge on any atom is 0.411 e. The monoisotopic (exact) mass is 375 g/mol. The molecule has 0 heterocycles. The fraction of sp³-hybridized carbons (Fsp3) is 0.222. The van der Waals surface area contributed by atoms with Crippen molar-refractivity contribution < 1.29 is 14.3 Å². The predicted octanol–water partition coefficient (Wildman–Crippen LogP) is 4.95. The number of carbonyl (C=O) groups excluding carboxylic acids is 2. The number of nitrogens with one attached hydrogen (secondary N) is 1. The lowest BCUT2D eigenvalue weighted by molar-refractivity contribution is 0.103. The van der Waals surface area contributed by atoms with Crippen molar-refractivity contribution in [3.05, 3.63) is 63.6 Å². The number of carbonyl (C=O) groups is 2. The van der Waals surface area contributed by atoms with Gasteiger partial charge in [-0.1, -0.05) is 45.8 Å². The van der Waals surface area contributed by atoms with Gasteiger partial charge >= 0.3 is 6.09 Å². The van der Waals surface area contributed by atoms with Crippen molar-refractivity contribution in [2.24, 2.45) is 0 Å². The number of rotatable bonds is 4. The van der Waals surface area contributed by atoms with Gasteiger partial charge in [0.2, 0.25) is 0 Å². The third-order valence-electron chi connectivity index (χ3n) is 3.12. The molecule has 1 amide bonds. The molecule has 120 valence electrons. The van der Waals surface area contributed by atoms with Crippen molar-refractivity contribution in [1.29, 1.82) is 0 Å². The van der Waals surface area contributed by atoms with Crippen molar-refractivity contribution in [3.8, 4) is 0 Å². The van der Waals surface area contributed by atoms with Crippen molar-refractivity contribution in [1.82, 2.24) is 0 Å². The number of amides is 1. The van der Waals surface area contributed by atoms with Gasteiger partial charge in [-0.2, -0.15) is 0 Å². The van der Waals surface area contributed by atoms with E-state index in [1.807, 2.05) is 19.1 Å². The van der Waals surface area contributed by atoms with Gasteiger partial charge in [-0.15, -0.1) is 0 Å². The Hall–Kier alpha value is -2.14. The number of hydrogen-bond acceptors (Lipinski definition) is 3. The average Bonchev–Trinajstić information content (AvgIpc) is 2.48. The minimum Gasteiger partial charge on any atom is -0.447 e. The number of benzene rings is 2. The number of ketones is 1. The minimum absolute atomic E-state index is 0.161. The van der Waals surface area contributed by atoms with Crippen LogP contribution in [0.25, 0.3) is 0 Å². The molecule has 0 bridgehead atoms. The number of ether oxygens (including phenoxy) is 1. The van der Waals surface area contributed by atoms with Crippen LogP contribution in [0, 0.1) is 6.92 Å². The summed E-state index contributed by atoms with van der Waals surface area (Å²) in [5.41, 5.74) is 2.47. The molecule has 0 atom stereocenters. The van der Waals surface area contributed by atoms with E-state index < -0.39 is 6.09 Å². The van der Waals surface area contributed by atoms with E-state index in [1.54, 1.807) is 44.2 Å². The molecule has 4 nitrogen and oxygen atoms in total. The Bertz CT molecular complexity index is 724. The molecule has 0 aromatic heterocycles. The Morgan fingerprint density at radius 2 is 1.74 bits per heavy atom. The predicted molar refractivity (Wildman–Crippen MR) is 94.0 cm³/mol. The Morgan fingerprint density at radius 1 is 1.09 bits per heavy atom. The molecule has 2 aromatic rings. The second-order valence-corrected chi connectivity index (χ2v) is 6.38. The number of aryl methyl sites for hydroxylation is 1. The van der Waals surface area contributed by atoms with E-state index >= 15 is 0 Å². The second-order valence-electron chi connectivity index (χ2n) is 5.46. The van der Waals surface area contributed by atoms with E-state index in [4.69, 9.17) is 4.74 Å².